The number of hydrogen-bond acceptors (Lipinski definition) is 1. The van der Waals surface area contributed by atoms with Gasteiger partial charge in [-0.3, -0.25) is 0 Å². The van der Waals surface area contributed by atoms with Crippen molar-refractivity contribution >= 4 is 5.57 Å². The average molecular weight is 269 g/mol. The summed E-state index contributed by atoms with van der Waals surface area (Å²) in [6.07, 6.45) is 2.37. The van der Waals surface area contributed by atoms with Gasteiger partial charge in [-0.05, 0) is 43.9 Å². The molecule has 0 aromatic heterocycles. The fraction of sp³-hybridized carbons (Fsp3) is 0.368. The summed E-state index contributed by atoms with van der Waals surface area (Å²) in [6.45, 7) is 17.8. The number of hydrogen-bond donors (Lipinski definition) is 1. The zero-order chi connectivity index (χ0) is 15.1. The Hall–Kier alpha value is -1.76. The predicted molar refractivity (Wildman–Crippen MR) is 90.6 cm³/mol. The first-order valence-electron chi connectivity index (χ1n) is 7.34. The van der Waals surface area contributed by atoms with Crippen LogP contribution in [0, 0.1) is 6.92 Å². The van der Waals surface area contributed by atoms with Crippen LogP contribution in [-0.4, -0.2) is 6.54 Å². The minimum atomic E-state index is 1.00. The largest absolute Gasteiger partial charge is 0.388 e. The maximum Gasteiger partial charge on any atom is 0.0157 e. The topological polar surface area (TPSA) is 12.0 Å². The lowest BCUT2D eigenvalue weighted by molar-refractivity contribution is 0.708. The Morgan fingerprint density at radius 2 is 1.70 bits per heavy atom. The molecule has 0 aliphatic carbocycles. The van der Waals surface area contributed by atoms with Crippen LogP contribution in [0.5, 0.6) is 0 Å². The monoisotopic (exact) mass is 269 g/mol. The van der Waals surface area contributed by atoms with Gasteiger partial charge in [0, 0.05) is 17.8 Å². The second-order valence-electron chi connectivity index (χ2n) is 5.41. The highest BCUT2D eigenvalue weighted by Gasteiger charge is 2.10. The molecule has 0 fully saturated rings. The van der Waals surface area contributed by atoms with E-state index in [4.69, 9.17) is 0 Å². The molecular weight excluding hydrogens is 242 g/mol. The molecule has 1 aromatic rings. The predicted octanol–water partition coefficient (Wildman–Crippen LogP) is 5.25. The second kappa shape index (κ2) is 7.74. The number of nitrogens with one attached hydrogen (secondary N) is 1. The van der Waals surface area contributed by atoms with E-state index in [2.05, 4.69) is 63.5 Å². The van der Waals surface area contributed by atoms with E-state index in [0.717, 1.165) is 34.5 Å². The maximum absolute atomic E-state index is 4.27. The van der Waals surface area contributed by atoms with Gasteiger partial charge in [0.1, 0.15) is 0 Å². The average Bonchev–Trinajstić information content (AvgIpc) is 2.39. The molecule has 0 amide bonds. The number of aryl methyl sites for hydroxylation is 1. The Kier molecular flexibility index (Phi) is 6.30. The van der Waals surface area contributed by atoms with E-state index >= 15 is 0 Å². The summed E-state index contributed by atoms with van der Waals surface area (Å²) in [5, 5.41) is 3.48. The normalized spacial score (nSPS) is 11.8. The van der Waals surface area contributed by atoms with Crippen molar-refractivity contribution in [2.75, 3.05) is 6.54 Å². The van der Waals surface area contributed by atoms with Crippen LogP contribution in [0.15, 0.2) is 54.3 Å². The van der Waals surface area contributed by atoms with Crippen molar-refractivity contribution < 1.29 is 0 Å². The van der Waals surface area contributed by atoms with Gasteiger partial charge in [0.25, 0.3) is 0 Å². The number of benzene rings is 1. The third-order valence-corrected chi connectivity index (χ3v) is 3.42. The molecule has 0 saturated carbocycles. The summed E-state index contributed by atoms with van der Waals surface area (Å²) >= 11 is 0. The smallest absolute Gasteiger partial charge is 0.0157 e. The van der Waals surface area contributed by atoms with Gasteiger partial charge in [0.05, 0.1) is 0 Å². The zero-order valence-corrected chi connectivity index (χ0v) is 13.3. The molecule has 1 N–H and O–H groups in total. The molecule has 0 atom stereocenters. The highest BCUT2D eigenvalue weighted by Crippen LogP contribution is 2.28. The highest BCUT2D eigenvalue weighted by atomic mass is 14.9. The molecule has 0 aliphatic rings. The van der Waals surface area contributed by atoms with E-state index < -0.39 is 0 Å². The van der Waals surface area contributed by atoms with Crippen LogP contribution in [0.1, 0.15) is 44.7 Å². The van der Waals surface area contributed by atoms with Gasteiger partial charge in [-0.25, -0.2) is 0 Å². The van der Waals surface area contributed by atoms with Gasteiger partial charge < -0.3 is 5.32 Å². The molecule has 0 aliphatic heterocycles. The van der Waals surface area contributed by atoms with Gasteiger partial charge in [-0.15, -0.1) is 0 Å². The molecule has 0 unspecified atom stereocenters. The van der Waals surface area contributed by atoms with Gasteiger partial charge in [0.15, 0.2) is 0 Å². The first kappa shape index (κ1) is 16.3. The third-order valence-electron chi connectivity index (χ3n) is 3.42. The van der Waals surface area contributed by atoms with Crippen molar-refractivity contribution in [1.82, 2.24) is 5.32 Å². The van der Waals surface area contributed by atoms with E-state index in [1.807, 2.05) is 6.92 Å². The molecule has 0 heterocycles. The highest BCUT2D eigenvalue weighted by molar-refractivity contribution is 5.82. The van der Waals surface area contributed by atoms with Gasteiger partial charge in [-0.2, -0.15) is 0 Å². The number of unbranched alkanes of at least 4 members (excludes halogenated alkanes) is 1. The minimum Gasteiger partial charge on any atom is -0.388 e. The SMILES string of the molecule is C=C(C)/C(C(=C)c1ccc(C)cc1)=C(/C)NCCCC. The third kappa shape index (κ3) is 4.41. The molecule has 0 spiro atoms. The van der Waals surface area contributed by atoms with Gasteiger partial charge in [0.2, 0.25) is 0 Å². The molecule has 1 aromatic carbocycles. The Morgan fingerprint density at radius 3 is 2.20 bits per heavy atom. The lowest BCUT2D eigenvalue weighted by atomic mass is 9.93. The maximum atomic E-state index is 4.27. The van der Waals surface area contributed by atoms with Crippen molar-refractivity contribution in [2.24, 2.45) is 0 Å². The van der Waals surface area contributed by atoms with E-state index in [0.29, 0.717) is 0 Å². The molecule has 1 nitrogen and oxygen atoms in total. The minimum absolute atomic E-state index is 1.00. The number of allylic oxidation sites excluding steroid dienone is 4. The first-order valence-corrected chi connectivity index (χ1v) is 7.34. The molecular formula is C19H27N. The summed E-state index contributed by atoms with van der Waals surface area (Å²) in [6, 6.07) is 8.49. The summed E-state index contributed by atoms with van der Waals surface area (Å²) in [5.41, 5.74) is 6.82. The molecule has 1 rings (SSSR count). The molecule has 20 heavy (non-hydrogen) atoms. The Morgan fingerprint density at radius 1 is 1.10 bits per heavy atom. The lowest BCUT2D eigenvalue weighted by Gasteiger charge is -2.17. The van der Waals surface area contributed by atoms with Crippen molar-refractivity contribution in [3.63, 3.8) is 0 Å². The van der Waals surface area contributed by atoms with Crippen LogP contribution in [0.2, 0.25) is 0 Å². The van der Waals surface area contributed by atoms with Gasteiger partial charge in [-0.1, -0.05) is 56.3 Å². The lowest BCUT2D eigenvalue weighted by Crippen LogP contribution is -2.15. The van der Waals surface area contributed by atoms with E-state index in [9.17, 15) is 0 Å². The number of rotatable bonds is 7. The van der Waals surface area contributed by atoms with Crippen molar-refractivity contribution in [3.05, 3.63) is 65.4 Å². The molecule has 0 bridgehead atoms. The molecule has 1 heteroatoms. The van der Waals surface area contributed by atoms with Crippen molar-refractivity contribution in [1.29, 1.82) is 0 Å². The van der Waals surface area contributed by atoms with Crippen LogP contribution in [0.3, 0.4) is 0 Å². The van der Waals surface area contributed by atoms with E-state index in [1.54, 1.807) is 0 Å². The van der Waals surface area contributed by atoms with Crippen LogP contribution in [-0.2, 0) is 0 Å². The Bertz CT molecular complexity index is 503. The van der Waals surface area contributed by atoms with E-state index in [-0.39, 0.29) is 0 Å². The Labute approximate surface area is 124 Å². The summed E-state index contributed by atoms with van der Waals surface area (Å²) < 4.78 is 0. The fourth-order valence-electron chi connectivity index (χ4n) is 2.24. The van der Waals surface area contributed by atoms with Crippen molar-refractivity contribution in [2.45, 2.75) is 40.5 Å². The van der Waals surface area contributed by atoms with Crippen LogP contribution in [0.4, 0.5) is 0 Å². The fourth-order valence-corrected chi connectivity index (χ4v) is 2.24. The summed E-state index contributed by atoms with van der Waals surface area (Å²) in [5.74, 6) is 0. The molecule has 0 radical (unpaired) electrons. The zero-order valence-electron chi connectivity index (χ0n) is 13.3. The summed E-state index contributed by atoms with van der Waals surface area (Å²) in [7, 11) is 0. The second-order valence-corrected chi connectivity index (χ2v) is 5.41. The molecule has 0 saturated heterocycles. The molecule has 108 valence electrons. The Balaban J connectivity index is 3.01. The first-order chi connectivity index (χ1) is 9.47. The van der Waals surface area contributed by atoms with E-state index in [1.165, 1.54) is 18.4 Å². The van der Waals surface area contributed by atoms with Crippen molar-refractivity contribution in [3.8, 4) is 0 Å². The quantitative estimate of drug-likeness (QED) is 0.526. The standard InChI is InChI=1S/C19H27N/c1-7-8-13-20-17(6)19(14(2)3)16(5)18-11-9-15(4)10-12-18/h9-12,20H,2,5,7-8,13H2,1,3-4,6H3/b19-17+. The van der Waals surface area contributed by atoms with Crippen LogP contribution in [0.25, 0.3) is 5.57 Å². The van der Waals surface area contributed by atoms with Crippen LogP contribution >= 0.6 is 0 Å². The summed E-state index contributed by atoms with van der Waals surface area (Å²) in [4.78, 5) is 0. The van der Waals surface area contributed by atoms with Crippen LogP contribution < -0.4 is 5.32 Å². The van der Waals surface area contributed by atoms with Gasteiger partial charge >= 0.3 is 0 Å².